The molecule has 0 aliphatic heterocycles. The minimum Gasteiger partial charge on any atom is -0.322 e. The summed E-state index contributed by atoms with van der Waals surface area (Å²) in [5.74, 6) is 2.90. The van der Waals surface area contributed by atoms with Crippen molar-refractivity contribution in [1.82, 2.24) is 24.5 Å². The molecule has 0 saturated heterocycles. The summed E-state index contributed by atoms with van der Waals surface area (Å²) in [4.78, 5) is 32.2. The summed E-state index contributed by atoms with van der Waals surface area (Å²) < 4.78 is 27.7. The lowest BCUT2D eigenvalue weighted by Crippen LogP contribution is -2.27. The highest BCUT2D eigenvalue weighted by Gasteiger charge is 2.29. The van der Waals surface area contributed by atoms with Crippen LogP contribution in [0.25, 0.3) is 10.7 Å². The van der Waals surface area contributed by atoms with Crippen molar-refractivity contribution in [2.75, 3.05) is 5.32 Å². The number of anilines is 2. The normalized spacial score (nSPS) is 13.4. The predicted octanol–water partition coefficient (Wildman–Crippen LogP) is 2.49. The molecule has 3 heterocycles. The van der Waals surface area contributed by atoms with Gasteiger partial charge in [0.2, 0.25) is 11.8 Å². The van der Waals surface area contributed by atoms with Gasteiger partial charge in [-0.3, -0.25) is 9.59 Å². The van der Waals surface area contributed by atoms with E-state index in [2.05, 4.69) is 26.3 Å². The van der Waals surface area contributed by atoms with E-state index >= 15 is 0 Å². The lowest BCUT2D eigenvalue weighted by molar-refractivity contribution is -0.117. The fourth-order valence-corrected chi connectivity index (χ4v) is 5.26. The summed E-state index contributed by atoms with van der Waals surface area (Å²) in [6.45, 7) is 2.56. The topological polar surface area (TPSA) is 136 Å². The van der Waals surface area contributed by atoms with E-state index < -0.39 is 15.9 Å². The Labute approximate surface area is 188 Å². The molecule has 1 fully saturated rings. The number of aromatic nitrogens is 4. The largest absolute Gasteiger partial charge is 0.322 e. The van der Waals surface area contributed by atoms with Crippen LogP contribution in [-0.2, 0) is 14.8 Å². The van der Waals surface area contributed by atoms with Crippen molar-refractivity contribution < 1.29 is 18.0 Å². The number of rotatable bonds is 6. The average Bonchev–Trinajstić information content (AvgIpc) is 3.27. The van der Waals surface area contributed by atoms with Crippen LogP contribution in [0.15, 0.2) is 28.6 Å². The summed E-state index contributed by atoms with van der Waals surface area (Å²) in [5, 5.41) is 7.36. The van der Waals surface area contributed by atoms with Gasteiger partial charge in [0.05, 0.1) is 16.1 Å². The molecule has 0 spiro atoms. The lowest BCUT2D eigenvalue weighted by Gasteiger charge is -2.06. The maximum Gasteiger partial charge on any atom is 0.273 e. The smallest absolute Gasteiger partial charge is 0.273 e. The maximum atomic E-state index is 12.2. The first-order chi connectivity index (χ1) is 15.2. The molecule has 3 aromatic heterocycles. The summed E-state index contributed by atoms with van der Waals surface area (Å²) in [5.41, 5.74) is 1.21. The molecule has 0 unspecified atom stereocenters. The van der Waals surface area contributed by atoms with Crippen LogP contribution >= 0.6 is 11.3 Å². The first kappa shape index (κ1) is 21.7. The van der Waals surface area contributed by atoms with Gasteiger partial charge >= 0.3 is 0 Å². The van der Waals surface area contributed by atoms with Gasteiger partial charge in [-0.25, -0.2) is 27.8 Å². The van der Waals surface area contributed by atoms with Gasteiger partial charge in [-0.15, -0.1) is 22.9 Å². The van der Waals surface area contributed by atoms with Crippen LogP contribution in [0.4, 0.5) is 11.6 Å². The van der Waals surface area contributed by atoms with Crippen LogP contribution in [-0.4, -0.2) is 40.0 Å². The zero-order valence-corrected chi connectivity index (χ0v) is 18.7. The Balaban J connectivity index is 1.66. The summed E-state index contributed by atoms with van der Waals surface area (Å²) >= 11 is 0.915. The molecule has 4 rings (SSSR count). The molecule has 164 valence electrons. The second-order valence-electron chi connectivity index (χ2n) is 7.17. The molecule has 3 aromatic rings. The highest BCUT2D eigenvalue weighted by molar-refractivity contribution is 7.92. The van der Waals surface area contributed by atoms with Crippen molar-refractivity contribution in [3.05, 3.63) is 35.7 Å². The number of nitrogens with zero attached hydrogens (tertiary/aromatic N) is 4. The monoisotopic (exact) mass is 470 g/mol. The van der Waals surface area contributed by atoms with E-state index in [1.165, 1.54) is 23.9 Å². The van der Waals surface area contributed by atoms with E-state index in [0.29, 0.717) is 28.0 Å². The molecule has 0 atom stereocenters. The number of carbonyl (C=O) groups excluding carboxylic acids is 2. The number of hydrogen-bond acceptors (Lipinski definition) is 9. The highest BCUT2D eigenvalue weighted by atomic mass is 32.2. The zero-order valence-electron chi connectivity index (χ0n) is 17.1. The summed E-state index contributed by atoms with van der Waals surface area (Å²) in [7, 11) is -3.96. The van der Waals surface area contributed by atoms with Crippen LogP contribution < -0.4 is 10.0 Å². The molecule has 12 heteroatoms. The number of thiophene rings is 1. The molecule has 0 aromatic carbocycles. The van der Waals surface area contributed by atoms with Gasteiger partial charge in [-0.2, -0.15) is 0 Å². The Morgan fingerprint density at radius 2 is 2.03 bits per heavy atom. The van der Waals surface area contributed by atoms with E-state index in [4.69, 9.17) is 6.42 Å². The number of nitrogens with one attached hydrogen (secondary N) is 2. The minimum atomic E-state index is -3.96. The van der Waals surface area contributed by atoms with Crippen molar-refractivity contribution in [3.63, 3.8) is 0 Å². The predicted molar refractivity (Wildman–Crippen MR) is 118 cm³/mol. The Hall–Kier alpha value is -3.56. The standard InChI is InChI=1S/C20H18N6O4S2/c1-4-13-10-21-20(16-7-8-18(31-16)32(29,30)25-11(2)27)23-19(13)22-17-9-15(14-5-6-14)26(24-17)12(3)28/h1,7-10,14H,5-6H2,2-3H3,(H,25,27)(H,21,22,23,24). The van der Waals surface area contributed by atoms with E-state index in [0.717, 1.165) is 36.8 Å². The second-order valence-corrected chi connectivity index (χ2v) is 10.2. The molecule has 0 bridgehead atoms. The van der Waals surface area contributed by atoms with Gasteiger partial charge in [0.15, 0.2) is 17.5 Å². The van der Waals surface area contributed by atoms with E-state index in [1.54, 1.807) is 12.1 Å². The van der Waals surface area contributed by atoms with Crippen molar-refractivity contribution in [3.8, 4) is 23.0 Å². The molecule has 10 nitrogen and oxygen atoms in total. The molecular weight excluding hydrogens is 452 g/mol. The minimum absolute atomic E-state index is 0.0453. The molecular formula is C20H18N6O4S2. The molecule has 1 aliphatic rings. The second kappa shape index (κ2) is 8.18. The number of terminal acetylenes is 1. The summed E-state index contributed by atoms with van der Waals surface area (Å²) in [6, 6.07) is 4.71. The number of carbonyl (C=O) groups is 2. The molecule has 1 saturated carbocycles. The number of sulfonamides is 1. The van der Waals surface area contributed by atoms with Crippen molar-refractivity contribution in [1.29, 1.82) is 0 Å². The Bertz CT molecular complexity index is 1380. The Kier molecular flexibility index (Phi) is 5.53. The van der Waals surface area contributed by atoms with Gasteiger partial charge < -0.3 is 5.32 Å². The molecule has 32 heavy (non-hydrogen) atoms. The van der Waals surface area contributed by atoms with E-state index in [9.17, 15) is 18.0 Å². The van der Waals surface area contributed by atoms with Gasteiger partial charge in [0.1, 0.15) is 4.21 Å². The first-order valence-electron chi connectivity index (χ1n) is 9.53. The number of hydrogen-bond donors (Lipinski definition) is 2. The Morgan fingerprint density at radius 3 is 2.66 bits per heavy atom. The Morgan fingerprint density at radius 1 is 1.28 bits per heavy atom. The fraction of sp³-hybridized carbons (Fsp3) is 0.250. The molecule has 1 aliphatic carbocycles. The third-order valence-electron chi connectivity index (χ3n) is 4.57. The SMILES string of the molecule is C#Cc1cnc(-c2ccc(S(=O)(=O)NC(C)=O)s2)nc1Nc1cc(C2CC2)n(C(C)=O)n1. The van der Waals surface area contributed by atoms with Crippen molar-refractivity contribution in [2.24, 2.45) is 0 Å². The third-order valence-corrected chi connectivity index (χ3v) is 7.57. The van der Waals surface area contributed by atoms with Gasteiger partial charge in [0, 0.05) is 32.0 Å². The van der Waals surface area contributed by atoms with E-state index in [-0.39, 0.29) is 15.9 Å². The van der Waals surface area contributed by atoms with Gasteiger partial charge in [0.25, 0.3) is 10.0 Å². The highest BCUT2D eigenvalue weighted by Crippen LogP contribution is 2.41. The average molecular weight is 471 g/mol. The zero-order chi connectivity index (χ0) is 23.0. The maximum absolute atomic E-state index is 12.2. The quantitative estimate of drug-likeness (QED) is 0.525. The van der Waals surface area contributed by atoms with Crippen molar-refractivity contribution in [2.45, 2.75) is 36.8 Å². The number of amides is 1. The molecule has 2 N–H and O–H groups in total. The summed E-state index contributed by atoms with van der Waals surface area (Å²) in [6.07, 6.45) is 9.03. The van der Waals surface area contributed by atoms with Crippen LogP contribution in [0.2, 0.25) is 0 Å². The molecule has 1 amide bonds. The molecule has 0 radical (unpaired) electrons. The van der Waals surface area contributed by atoms with Crippen molar-refractivity contribution >= 4 is 44.8 Å². The van der Waals surface area contributed by atoms with Crippen LogP contribution in [0.5, 0.6) is 0 Å². The van der Waals surface area contributed by atoms with E-state index in [1.807, 2.05) is 4.72 Å². The van der Waals surface area contributed by atoms with Crippen LogP contribution in [0.1, 0.15) is 48.7 Å². The van der Waals surface area contributed by atoms with Crippen LogP contribution in [0, 0.1) is 12.3 Å². The lowest BCUT2D eigenvalue weighted by atomic mass is 10.3. The third kappa shape index (κ3) is 4.39. The van der Waals surface area contributed by atoms with Gasteiger partial charge in [-0.1, -0.05) is 5.92 Å². The fourth-order valence-electron chi connectivity index (χ4n) is 3.03. The first-order valence-corrected chi connectivity index (χ1v) is 11.8. The van der Waals surface area contributed by atoms with Gasteiger partial charge in [-0.05, 0) is 25.0 Å². The van der Waals surface area contributed by atoms with Crippen LogP contribution in [0.3, 0.4) is 0 Å².